The Balaban J connectivity index is 1.83. The van der Waals surface area contributed by atoms with Crippen LogP contribution in [0.25, 0.3) is 0 Å². The average Bonchev–Trinajstić information content (AvgIpc) is 2.49. The van der Waals surface area contributed by atoms with Gasteiger partial charge in [0.05, 0.1) is 11.8 Å². The van der Waals surface area contributed by atoms with E-state index in [-0.39, 0.29) is 11.7 Å². The number of aliphatic carboxylic acids is 1. The summed E-state index contributed by atoms with van der Waals surface area (Å²) >= 11 is 0. The van der Waals surface area contributed by atoms with Crippen molar-refractivity contribution >= 4 is 11.9 Å². The van der Waals surface area contributed by atoms with Crippen LogP contribution in [0, 0.1) is 17.7 Å². The molecule has 1 aromatic carbocycles. The summed E-state index contributed by atoms with van der Waals surface area (Å²) in [5, 5.41) is 12.0. The van der Waals surface area contributed by atoms with Crippen LogP contribution >= 0.6 is 0 Å². The van der Waals surface area contributed by atoms with Crippen LogP contribution in [0.5, 0.6) is 0 Å². The Morgan fingerprint density at radius 2 is 1.76 bits per heavy atom. The SMILES string of the molecule is O=C(NCCc1ccc(F)cc1)[C@H]1CCCC[C@H]1C(=O)O. The number of nitrogens with one attached hydrogen (secondary N) is 1. The molecule has 0 unspecified atom stereocenters. The summed E-state index contributed by atoms with van der Waals surface area (Å²) in [7, 11) is 0. The lowest BCUT2D eigenvalue weighted by Crippen LogP contribution is -2.40. The Morgan fingerprint density at radius 3 is 2.38 bits per heavy atom. The number of carbonyl (C=O) groups is 2. The molecule has 2 N–H and O–H groups in total. The highest BCUT2D eigenvalue weighted by Gasteiger charge is 2.35. The molecule has 21 heavy (non-hydrogen) atoms. The molecule has 1 amide bonds. The van der Waals surface area contributed by atoms with Gasteiger partial charge in [-0.25, -0.2) is 4.39 Å². The normalized spacial score (nSPS) is 21.8. The Labute approximate surface area is 123 Å². The predicted molar refractivity (Wildman–Crippen MR) is 76.2 cm³/mol. The first-order chi connectivity index (χ1) is 10.1. The highest BCUT2D eigenvalue weighted by Crippen LogP contribution is 2.30. The summed E-state index contributed by atoms with van der Waals surface area (Å²) in [5.74, 6) is -2.33. The Bertz CT molecular complexity index is 501. The number of rotatable bonds is 5. The molecule has 0 spiro atoms. The van der Waals surface area contributed by atoms with Gasteiger partial charge in [0.1, 0.15) is 5.82 Å². The van der Waals surface area contributed by atoms with Crippen LogP contribution in [0.1, 0.15) is 31.2 Å². The van der Waals surface area contributed by atoms with Gasteiger partial charge in [-0.3, -0.25) is 9.59 Å². The van der Waals surface area contributed by atoms with Crippen molar-refractivity contribution in [2.24, 2.45) is 11.8 Å². The second kappa shape index (κ2) is 7.20. The zero-order valence-electron chi connectivity index (χ0n) is 11.8. The summed E-state index contributed by atoms with van der Waals surface area (Å²) in [6, 6.07) is 6.14. The van der Waals surface area contributed by atoms with Gasteiger partial charge in [-0.1, -0.05) is 25.0 Å². The zero-order valence-corrected chi connectivity index (χ0v) is 11.8. The van der Waals surface area contributed by atoms with Gasteiger partial charge in [0, 0.05) is 6.54 Å². The van der Waals surface area contributed by atoms with Gasteiger partial charge in [-0.15, -0.1) is 0 Å². The first kappa shape index (κ1) is 15.5. The molecule has 1 aliphatic carbocycles. The van der Waals surface area contributed by atoms with Crippen molar-refractivity contribution < 1.29 is 19.1 Å². The van der Waals surface area contributed by atoms with Gasteiger partial charge in [-0.05, 0) is 37.0 Å². The fourth-order valence-electron chi connectivity index (χ4n) is 2.85. The Hall–Kier alpha value is -1.91. The second-order valence-corrected chi connectivity index (χ2v) is 5.50. The number of hydrogen-bond donors (Lipinski definition) is 2. The van der Waals surface area contributed by atoms with Crippen molar-refractivity contribution in [3.63, 3.8) is 0 Å². The molecule has 0 bridgehead atoms. The van der Waals surface area contributed by atoms with Gasteiger partial charge >= 0.3 is 5.97 Å². The molecule has 5 heteroatoms. The number of carbonyl (C=O) groups excluding carboxylic acids is 1. The minimum Gasteiger partial charge on any atom is -0.481 e. The van der Waals surface area contributed by atoms with Crippen LogP contribution in [0.15, 0.2) is 24.3 Å². The van der Waals surface area contributed by atoms with E-state index in [0.29, 0.717) is 25.8 Å². The largest absolute Gasteiger partial charge is 0.481 e. The van der Waals surface area contributed by atoms with Crippen molar-refractivity contribution in [1.82, 2.24) is 5.32 Å². The van der Waals surface area contributed by atoms with Gasteiger partial charge < -0.3 is 10.4 Å². The number of benzene rings is 1. The minimum atomic E-state index is -0.881. The number of halogens is 1. The van der Waals surface area contributed by atoms with Crippen LogP contribution in [0.2, 0.25) is 0 Å². The maximum Gasteiger partial charge on any atom is 0.307 e. The number of carboxylic acid groups (broad SMARTS) is 1. The van der Waals surface area contributed by atoms with E-state index in [2.05, 4.69) is 5.32 Å². The average molecular weight is 293 g/mol. The second-order valence-electron chi connectivity index (χ2n) is 5.50. The summed E-state index contributed by atoms with van der Waals surface area (Å²) < 4.78 is 12.8. The van der Waals surface area contributed by atoms with E-state index in [0.717, 1.165) is 18.4 Å². The van der Waals surface area contributed by atoms with E-state index in [9.17, 15) is 19.1 Å². The van der Waals surface area contributed by atoms with Gasteiger partial charge in [0.15, 0.2) is 0 Å². The highest BCUT2D eigenvalue weighted by atomic mass is 19.1. The zero-order chi connectivity index (χ0) is 15.2. The summed E-state index contributed by atoms with van der Waals surface area (Å²) in [5.41, 5.74) is 0.940. The van der Waals surface area contributed by atoms with Crippen LogP contribution in [0.4, 0.5) is 4.39 Å². The highest BCUT2D eigenvalue weighted by molar-refractivity contribution is 5.84. The fraction of sp³-hybridized carbons (Fsp3) is 0.500. The van der Waals surface area contributed by atoms with E-state index in [1.807, 2.05) is 0 Å². The van der Waals surface area contributed by atoms with Gasteiger partial charge in [0.2, 0.25) is 5.91 Å². The van der Waals surface area contributed by atoms with Crippen molar-refractivity contribution in [1.29, 1.82) is 0 Å². The molecule has 0 heterocycles. The molecule has 114 valence electrons. The summed E-state index contributed by atoms with van der Waals surface area (Å²) in [4.78, 5) is 23.3. The van der Waals surface area contributed by atoms with E-state index < -0.39 is 17.8 Å². The van der Waals surface area contributed by atoms with Gasteiger partial charge in [-0.2, -0.15) is 0 Å². The molecule has 1 saturated carbocycles. The number of hydrogen-bond acceptors (Lipinski definition) is 2. The minimum absolute atomic E-state index is 0.177. The maximum absolute atomic E-state index is 12.8. The predicted octanol–water partition coefficient (Wildman–Crippen LogP) is 2.38. The standard InChI is InChI=1S/C16H20FNO3/c17-12-7-5-11(6-8-12)9-10-18-15(19)13-3-1-2-4-14(13)16(20)21/h5-8,13-14H,1-4,9-10H2,(H,18,19)(H,20,21)/t13-,14+/m0/s1. The third-order valence-corrected chi connectivity index (χ3v) is 4.05. The molecule has 4 nitrogen and oxygen atoms in total. The lowest BCUT2D eigenvalue weighted by molar-refractivity contribution is -0.148. The molecule has 2 rings (SSSR count). The summed E-state index contributed by atoms with van der Waals surface area (Å²) in [6.07, 6.45) is 3.59. The third kappa shape index (κ3) is 4.28. The van der Waals surface area contributed by atoms with Crippen molar-refractivity contribution in [3.8, 4) is 0 Å². The quantitative estimate of drug-likeness (QED) is 0.876. The molecular formula is C16H20FNO3. The van der Waals surface area contributed by atoms with Crippen molar-refractivity contribution in [2.75, 3.05) is 6.54 Å². The third-order valence-electron chi connectivity index (χ3n) is 4.05. The summed E-state index contributed by atoms with van der Waals surface area (Å²) in [6.45, 7) is 0.438. The van der Waals surface area contributed by atoms with Crippen molar-refractivity contribution in [2.45, 2.75) is 32.1 Å². The fourth-order valence-corrected chi connectivity index (χ4v) is 2.85. The van der Waals surface area contributed by atoms with Gasteiger partial charge in [0.25, 0.3) is 0 Å². The van der Waals surface area contributed by atoms with E-state index in [4.69, 9.17) is 0 Å². The first-order valence-electron chi connectivity index (χ1n) is 7.33. The maximum atomic E-state index is 12.8. The van der Waals surface area contributed by atoms with E-state index >= 15 is 0 Å². The Kier molecular flexibility index (Phi) is 5.31. The molecule has 0 radical (unpaired) electrons. The van der Waals surface area contributed by atoms with E-state index in [1.54, 1.807) is 12.1 Å². The molecule has 1 aliphatic rings. The van der Waals surface area contributed by atoms with E-state index in [1.165, 1.54) is 12.1 Å². The molecule has 0 aromatic heterocycles. The first-order valence-corrected chi connectivity index (χ1v) is 7.33. The Morgan fingerprint density at radius 1 is 1.14 bits per heavy atom. The molecule has 2 atom stereocenters. The van der Waals surface area contributed by atoms with Crippen molar-refractivity contribution in [3.05, 3.63) is 35.6 Å². The molecule has 0 saturated heterocycles. The number of amides is 1. The topological polar surface area (TPSA) is 66.4 Å². The lowest BCUT2D eigenvalue weighted by atomic mass is 9.78. The smallest absolute Gasteiger partial charge is 0.307 e. The van der Waals surface area contributed by atoms with Crippen LogP contribution in [-0.2, 0) is 16.0 Å². The molecule has 1 aromatic rings. The van der Waals surface area contributed by atoms with Crippen LogP contribution < -0.4 is 5.32 Å². The molecule has 0 aliphatic heterocycles. The lowest BCUT2D eigenvalue weighted by Gasteiger charge is -2.27. The van der Waals surface area contributed by atoms with Crippen LogP contribution in [-0.4, -0.2) is 23.5 Å². The number of carboxylic acids is 1. The molecule has 1 fully saturated rings. The monoisotopic (exact) mass is 293 g/mol. The van der Waals surface area contributed by atoms with Crippen LogP contribution in [0.3, 0.4) is 0 Å². The molecular weight excluding hydrogens is 273 g/mol.